The molecule has 3 N–H and O–H groups in total. The molecule has 1 heterocycles. The van der Waals surface area contributed by atoms with Gasteiger partial charge in [0.2, 0.25) is 11.8 Å². The van der Waals surface area contributed by atoms with Crippen LogP contribution in [-0.2, 0) is 9.59 Å². The Kier molecular flexibility index (Phi) is 4.88. The second-order valence-electron chi connectivity index (χ2n) is 7.04. The number of hydrogen-bond acceptors (Lipinski definition) is 4. The van der Waals surface area contributed by atoms with Crippen LogP contribution in [-0.4, -0.2) is 45.5 Å². The van der Waals surface area contributed by atoms with Crippen LogP contribution >= 0.6 is 11.8 Å². The van der Waals surface area contributed by atoms with Crippen molar-refractivity contribution >= 4 is 23.6 Å². The van der Waals surface area contributed by atoms with Gasteiger partial charge in [-0.15, -0.1) is 11.8 Å². The molecule has 2 fully saturated rings. The van der Waals surface area contributed by atoms with Crippen molar-refractivity contribution in [3.63, 3.8) is 0 Å². The van der Waals surface area contributed by atoms with Gasteiger partial charge < -0.3 is 16.0 Å². The van der Waals surface area contributed by atoms with E-state index in [-0.39, 0.29) is 34.8 Å². The average molecular weight is 313 g/mol. The summed E-state index contributed by atoms with van der Waals surface area (Å²) in [5.41, 5.74) is 5.31. The lowest BCUT2D eigenvalue weighted by atomic mass is 9.92. The summed E-state index contributed by atoms with van der Waals surface area (Å²) in [5.74, 6) is 0.517. The maximum atomic E-state index is 12.6. The van der Waals surface area contributed by atoms with E-state index in [1.165, 1.54) is 6.42 Å². The molecule has 0 radical (unpaired) electrons. The highest BCUT2D eigenvalue weighted by Crippen LogP contribution is 2.49. The smallest absolute Gasteiger partial charge is 0.244 e. The van der Waals surface area contributed by atoms with Crippen LogP contribution in [0.2, 0.25) is 0 Å². The van der Waals surface area contributed by atoms with Crippen LogP contribution in [0.25, 0.3) is 0 Å². The first-order chi connectivity index (χ1) is 9.79. The first kappa shape index (κ1) is 16.6. The molecule has 1 saturated heterocycles. The Morgan fingerprint density at radius 1 is 1.29 bits per heavy atom. The van der Waals surface area contributed by atoms with E-state index in [0.29, 0.717) is 5.75 Å². The molecule has 6 heteroatoms. The van der Waals surface area contributed by atoms with E-state index in [1.807, 2.05) is 20.8 Å². The van der Waals surface area contributed by atoms with Crippen molar-refractivity contribution in [3.05, 3.63) is 0 Å². The van der Waals surface area contributed by atoms with Crippen LogP contribution in [0.3, 0.4) is 0 Å². The number of carbonyl (C=O) groups is 2. The number of rotatable bonds is 2. The van der Waals surface area contributed by atoms with Gasteiger partial charge in [-0.2, -0.15) is 0 Å². The molecule has 120 valence electrons. The Hall–Kier alpha value is -0.750. The third-order valence-corrected chi connectivity index (χ3v) is 5.76. The molecule has 2 rings (SSSR count). The molecular formula is C15H27N3O2S. The van der Waals surface area contributed by atoms with E-state index in [0.717, 1.165) is 25.7 Å². The van der Waals surface area contributed by atoms with Gasteiger partial charge in [0.05, 0.1) is 11.4 Å². The molecule has 0 bridgehead atoms. The maximum Gasteiger partial charge on any atom is 0.244 e. The zero-order valence-corrected chi connectivity index (χ0v) is 14.1. The fraction of sp³-hybridized carbons (Fsp3) is 0.867. The first-order valence-corrected chi connectivity index (χ1v) is 8.76. The Labute approximate surface area is 131 Å². The highest BCUT2D eigenvalue weighted by atomic mass is 32.2. The summed E-state index contributed by atoms with van der Waals surface area (Å²) in [6, 6.07) is -0.386. The molecule has 0 aromatic carbocycles. The average Bonchev–Trinajstić information content (AvgIpc) is 2.76. The van der Waals surface area contributed by atoms with Crippen LogP contribution in [0.4, 0.5) is 0 Å². The summed E-state index contributed by atoms with van der Waals surface area (Å²) in [5, 5.41) is 3.01. The standard InChI is InChI=1S/C15H27N3O2S/c1-14(2,3)17-13(20)11-10-21-15(7-5-4-6-8-15)18(11)12(19)9-16/h11H,4-10,16H2,1-3H3,(H,17,20)/t11-/m1/s1. The molecule has 1 saturated carbocycles. The molecule has 1 spiro atoms. The number of hydrogen-bond donors (Lipinski definition) is 2. The lowest BCUT2D eigenvalue weighted by Crippen LogP contribution is -2.58. The summed E-state index contributed by atoms with van der Waals surface area (Å²) in [7, 11) is 0. The first-order valence-electron chi connectivity index (χ1n) is 7.77. The SMILES string of the molecule is CC(C)(C)NC(=O)[C@H]1CSC2(CCCCC2)N1C(=O)CN. The molecule has 0 aromatic rings. The van der Waals surface area contributed by atoms with Gasteiger partial charge >= 0.3 is 0 Å². The highest BCUT2D eigenvalue weighted by Gasteiger charge is 2.51. The normalized spacial score (nSPS) is 25.1. The zero-order chi connectivity index (χ0) is 15.7. The third-order valence-electron chi connectivity index (χ3n) is 4.14. The van der Waals surface area contributed by atoms with E-state index in [4.69, 9.17) is 5.73 Å². The second-order valence-corrected chi connectivity index (χ2v) is 8.42. The fourth-order valence-electron chi connectivity index (χ4n) is 3.30. The molecule has 0 unspecified atom stereocenters. The minimum atomic E-state index is -0.386. The number of carbonyl (C=O) groups excluding carboxylic acids is 2. The molecule has 5 nitrogen and oxygen atoms in total. The van der Waals surface area contributed by atoms with Crippen molar-refractivity contribution in [3.8, 4) is 0 Å². The third kappa shape index (κ3) is 3.54. The quantitative estimate of drug-likeness (QED) is 0.809. The van der Waals surface area contributed by atoms with Gasteiger partial charge in [-0.3, -0.25) is 9.59 Å². The van der Waals surface area contributed by atoms with Crippen molar-refractivity contribution in [2.24, 2.45) is 5.73 Å². The molecule has 21 heavy (non-hydrogen) atoms. The van der Waals surface area contributed by atoms with Crippen LogP contribution < -0.4 is 11.1 Å². The summed E-state index contributed by atoms with van der Waals surface area (Å²) in [4.78, 5) is 26.5. The summed E-state index contributed by atoms with van der Waals surface area (Å²) < 4.78 is 0. The molecule has 2 amide bonds. The van der Waals surface area contributed by atoms with Gasteiger partial charge in [0.1, 0.15) is 6.04 Å². The van der Waals surface area contributed by atoms with Crippen molar-refractivity contribution in [2.75, 3.05) is 12.3 Å². The lowest BCUT2D eigenvalue weighted by Gasteiger charge is -2.42. The van der Waals surface area contributed by atoms with E-state index in [2.05, 4.69) is 5.32 Å². The Balaban J connectivity index is 2.21. The molecule has 1 atom stereocenters. The Morgan fingerprint density at radius 3 is 2.43 bits per heavy atom. The number of amides is 2. The van der Waals surface area contributed by atoms with Crippen LogP contribution in [0.1, 0.15) is 52.9 Å². The number of thioether (sulfide) groups is 1. The van der Waals surface area contributed by atoms with Gasteiger partial charge in [-0.1, -0.05) is 19.3 Å². The Morgan fingerprint density at radius 2 is 1.90 bits per heavy atom. The van der Waals surface area contributed by atoms with Gasteiger partial charge in [0, 0.05) is 11.3 Å². The van der Waals surface area contributed by atoms with Crippen molar-refractivity contribution in [2.45, 2.75) is 69.3 Å². The van der Waals surface area contributed by atoms with Crippen molar-refractivity contribution in [1.29, 1.82) is 0 Å². The largest absolute Gasteiger partial charge is 0.350 e. The van der Waals surface area contributed by atoms with Gasteiger partial charge in [0.25, 0.3) is 0 Å². The maximum absolute atomic E-state index is 12.6. The molecule has 0 aromatic heterocycles. The van der Waals surface area contributed by atoms with E-state index in [9.17, 15) is 9.59 Å². The number of nitrogens with zero attached hydrogens (tertiary/aromatic N) is 1. The van der Waals surface area contributed by atoms with E-state index >= 15 is 0 Å². The van der Waals surface area contributed by atoms with Crippen LogP contribution in [0, 0.1) is 0 Å². The molecule has 1 aliphatic carbocycles. The highest BCUT2D eigenvalue weighted by molar-refractivity contribution is 8.01. The summed E-state index contributed by atoms with van der Waals surface area (Å²) in [6.45, 7) is 5.84. The van der Waals surface area contributed by atoms with E-state index in [1.54, 1.807) is 16.7 Å². The van der Waals surface area contributed by atoms with Gasteiger partial charge in [-0.25, -0.2) is 0 Å². The zero-order valence-electron chi connectivity index (χ0n) is 13.3. The topological polar surface area (TPSA) is 75.4 Å². The summed E-state index contributed by atoms with van der Waals surface area (Å²) >= 11 is 1.77. The van der Waals surface area contributed by atoms with E-state index < -0.39 is 0 Å². The fourth-order valence-corrected chi connectivity index (χ4v) is 5.01. The number of nitrogens with one attached hydrogen (secondary N) is 1. The second kappa shape index (κ2) is 6.16. The predicted octanol–water partition coefficient (Wildman–Crippen LogP) is 1.46. The van der Waals surface area contributed by atoms with Crippen LogP contribution in [0.5, 0.6) is 0 Å². The minimum absolute atomic E-state index is 0.0262. The van der Waals surface area contributed by atoms with Gasteiger partial charge in [-0.05, 0) is 33.6 Å². The van der Waals surface area contributed by atoms with Crippen molar-refractivity contribution < 1.29 is 9.59 Å². The molecular weight excluding hydrogens is 286 g/mol. The monoisotopic (exact) mass is 313 g/mol. The molecule has 2 aliphatic rings. The number of nitrogens with two attached hydrogens (primary N) is 1. The Bertz CT molecular complexity index is 414. The minimum Gasteiger partial charge on any atom is -0.350 e. The summed E-state index contributed by atoms with van der Waals surface area (Å²) in [6.07, 6.45) is 5.40. The van der Waals surface area contributed by atoms with Gasteiger partial charge in [0.15, 0.2) is 0 Å². The van der Waals surface area contributed by atoms with Crippen molar-refractivity contribution in [1.82, 2.24) is 10.2 Å². The molecule has 1 aliphatic heterocycles. The predicted molar refractivity (Wildman–Crippen MR) is 85.9 cm³/mol. The lowest BCUT2D eigenvalue weighted by molar-refractivity contribution is -0.142. The van der Waals surface area contributed by atoms with Crippen LogP contribution in [0.15, 0.2) is 0 Å².